The van der Waals surface area contributed by atoms with E-state index in [2.05, 4.69) is 43.5 Å². The molecule has 0 aromatic heterocycles. The third-order valence-corrected chi connectivity index (χ3v) is 11.3. The lowest BCUT2D eigenvalue weighted by Gasteiger charge is -2.25. The first-order chi connectivity index (χ1) is 27.0. The summed E-state index contributed by atoms with van der Waals surface area (Å²) in [5.41, 5.74) is 0. The van der Waals surface area contributed by atoms with Crippen LogP contribution in [0.1, 0.15) is 206 Å². The topological polar surface area (TPSA) is 105 Å². The summed E-state index contributed by atoms with van der Waals surface area (Å²) in [7, 11) is 1.56. The number of unbranched alkanes of at least 4 members (excludes halogenated alkanes) is 25. The Labute approximate surface area is 347 Å². The molecular weight excluding hydrogens is 719 g/mol. The Morgan fingerprint density at radius 3 is 1.50 bits per heavy atom. The molecule has 0 aliphatic rings. The minimum atomic E-state index is -4.34. The quantitative estimate of drug-likeness (QED) is 0.0245. The summed E-state index contributed by atoms with van der Waals surface area (Å²) < 4.78 is 23.6. The highest BCUT2D eigenvalue weighted by molar-refractivity contribution is 7.47. The highest BCUT2D eigenvalue weighted by Gasteiger charge is 2.27. The van der Waals surface area contributed by atoms with Crippen LogP contribution in [0.5, 0.6) is 0 Å². The van der Waals surface area contributed by atoms with E-state index in [9.17, 15) is 19.4 Å². The Hall–Kier alpha value is -1.28. The average Bonchev–Trinajstić information content (AvgIpc) is 3.15. The highest BCUT2D eigenvalue weighted by Crippen LogP contribution is 2.43. The fraction of sp³-hybridized carbons (Fsp3) is 0.851. The predicted molar refractivity (Wildman–Crippen MR) is 240 cm³/mol. The lowest BCUT2D eigenvalue weighted by Crippen LogP contribution is -2.45. The number of rotatable bonds is 42. The molecule has 0 heterocycles. The zero-order valence-corrected chi connectivity index (χ0v) is 38.3. The van der Waals surface area contributed by atoms with E-state index < -0.39 is 20.0 Å². The maximum Gasteiger partial charge on any atom is 0.472 e. The van der Waals surface area contributed by atoms with Crippen molar-refractivity contribution in [3.05, 3.63) is 36.5 Å². The van der Waals surface area contributed by atoms with Gasteiger partial charge in [-0.1, -0.05) is 185 Å². The van der Waals surface area contributed by atoms with Gasteiger partial charge in [0.2, 0.25) is 5.91 Å². The first-order valence-corrected chi connectivity index (χ1v) is 24.9. The average molecular weight is 812 g/mol. The van der Waals surface area contributed by atoms with E-state index in [-0.39, 0.29) is 19.1 Å². The second-order valence-electron chi connectivity index (χ2n) is 17.1. The first-order valence-electron chi connectivity index (χ1n) is 23.4. The molecule has 0 radical (unpaired) electrons. The molecule has 3 unspecified atom stereocenters. The summed E-state index contributed by atoms with van der Waals surface area (Å²) in [6.07, 6.45) is 47.8. The number of aliphatic hydroxyl groups is 1. The molecule has 0 aromatic rings. The summed E-state index contributed by atoms with van der Waals surface area (Å²) in [6.45, 7) is 4.78. The van der Waals surface area contributed by atoms with Crippen LogP contribution in [0.3, 0.4) is 0 Å². The van der Waals surface area contributed by atoms with Crippen molar-refractivity contribution in [1.82, 2.24) is 5.32 Å². The van der Waals surface area contributed by atoms with Gasteiger partial charge in [0.05, 0.1) is 39.9 Å². The van der Waals surface area contributed by atoms with Gasteiger partial charge in [0.1, 0.15) is 13.2 Å². The zero-order valence-electron chi connectivity index (χ0n) is 37.4. The van der Waals surface area contributed by atoms with Crippen molar-refractivity contribution in [2.75, 3.05) is 40.9 Å². The lowest BCUT2D eigenvalue weighted by molar-refractivity contribution is -0.870. The van der Waals surface area contributed by atoms with Gasteiger partial charge in [-0.15, -0.1) is 0 Å². The molecule has 0 aliphatic carbocycles. The van der Waals surface area contributed by atoms with Crippen LogP contribution in [0.4, 0.5) is 0 Å². The Morgan fingerprint density at radius 2 is 1.02 bits per heavy atom. The number of carbonyl (C=O) groups is 1. The minimum absolute atomic E-state index is 0.0585. The number of nitrogens with one attached hydrogen (secondary N) is 1. The lowest BCUT2D eigenvalue weighted by atomic mass is 10.0. The number of hydrogen-bond donors (Lipinski definition) is 3. The number of amides is 1. The Bertz CT molecular complexity index is 1010. The smallest absolute Gasteiger partial charge is 0.387 e. The fourth-order valence-corrected chi connectivity index (χ4v) is 7.34. The number of likely N-dealkylation sites (N-methyl/N-ethyl adjacent to an activating group) is 1. The first kappa shape index (κ1) is 54.7. The van der Waals surface area contributed by atoms with Crippen LogP contribution in [0.15, 0.2) is 36.5 Å². The van der Waals surface area contributed by atoms with E-state index in [0.717, 1.165) is 64.2 Å². The Kier molecular flexibility index (Phi) is 38.3. The zero-order chi connectivity index (χ0) is 41.4. The van der Waals surface area contributed by atoms with Crippen LogP contribution >= 0.6 is 7.82 Å². The molecule has 0 aliphatic heterocycles. The second-order valence-corrected chi connectivity index (χ2v) is 18.6. The second kappa shape index (κ2) is 39.2. The minimum Gasteiger partial charge on any atom is -0.387 e. The number of hydrogen-bond acceptors (Lipinski definition) is 5. The Morgan fingerprint density at radius 1 is 0.607 bits per heavy atom. The van der Waals surface area contributed by atoms with Gasteiger partial charge in [-0.3, -0.25) is 13.8 Å². The van der Waals surface area contributed by atoms with E-state index in [1.54, 1.807) is 6.08 Å². The van der Waals surface area contributed by atoms with Crippen LogP contribution in [0.2, 0.25) is 0 Å². The number of phosphoric ester groups is 1. The molecule has 1 amide bonds. The molecule has 0 saturated heterocycles. The molecular formula is C47H92N2O6P+. The molecule has 0 bridgehead atoms. The van der Waals surface area contributed by atoms with Crippen molar-refractivity contribution >= 4 is 13.7 Å². The van der Waals surface area contributed by atoms with E-state index in [1.165, 1.54) is 122 Å². The monoisotopic (exact) mass is 812 g/mol. The van der Waals surface area contributed by atoms with E-state index in [0.29, 0.717) is 17.4 Å². The van der Waals surface area contributed by atoms with Gasteiger partial charge >= 0.3 is 7.82 Å². The molecule has 9 heteroatoms. The van der Waals surface area contributed by atoms with E-state index in [4.69, 9.17) is 9.05 Å². The van der Waals surface area contributed by atoms with Crippen molar-refractivity contribution in [2.45, 2.75) is 219 Å². The van der Waals surface area contributed by atoms with Crippen molar-refractivity contribution in [3.8, 4) is 0 Å². The molecule has 330 valence electrons. The molecule has 8 nitrogen and oxygen atoms in total. The van der Waals surface area contributed by atoms with Gasteiger partial charge in [0.25, 0.3) is 0 Å². The summed E-state index contributed by atoms with van der Waals surface area (Å²) in [6, 6.07) is -0.852. The van der Waals surface area contributed by atoms with Gasteiger partial charge in [-0.25, -0.2) is 4.57 Å². The highest BCUT2D eigenvalue weighted by atomic mass is 31.2. The van der Waals surface area contributed by atoms with E-state index >= 15 is 0 Å². The molecule has 0 rings (SSSR count). The largest absolute Gasteiger partial charge is 0.472 e. The SMILES string of the molecule is CCCCC/C=C\C/C=C\CCCCCCCC(=O)NC(COP(=O)(O)OCC[N+](C)(C)C)C(O)/C=C/CCCCCCCCCCCCCCCCCCC. The molecule has 0 aromatic carbocycles. The van der Waals surface area contributed by atoms with E-state index in [1.807, 2.05) is 27.2 Å². The normalized spacial score (nSPS) is 14.6. The van der Waals surface area contributed by atoms with Crippen molar-refractivity contribution in [1.29, 1.82) is 0 Å². The standard InChI is InChI=1S/C47H91N2O6P/c1-6-8-10-12-14-16-18-20-22-23-24-25-27-28-30-32-34-36-38-40-46(50)45(44-55-56(52,53)54-43-42-49(3,4)5)48-47(51)41-39-37-35-33-31-29-26-21-19-17-15-13-11-9-7-2/h15,17,21,26,38,40,45-46,50H,6-14,16,18-20,22-25,27-37,39,41-44H2,1-5H3,(H-,48,51,52,53)/p+1/b17-15-,26-21-,40-38+. The molecule has 56 heavy (non-hydrogen) atoms. The molecule has 0 spiro atoms. The van der Waals surface area contributed by atoms with Gasteiger partial charge in [-0.2, -0.15) is 0 Å². The third-order valence-electron chi connectivity index (χ3n) is 10.4. The van der Waals surface area contributed by atoms with Gasteiger partial charge < -0.3 is 19.8 Å². The maximum absolute atomic E-state index is 12.9. The third kappa shape index (κ3) is 40.9. The number of carbonyl (C=O) groups excluding carboxylic acids is 1. The maximum atomic E-state index is 12.9. The molecule has 3 N–H and O–H groups in total. The summed E-state index contributed by atoms with van der Waals surface area (Å²) in [5.74, 6) is -0.191. The molecule has 0 fully saturated rings. The number of nitrogens with zero attached hydrogens (tertiary/aromatic N) is 1. The fourth-order valence-electron chi connectivity index (χ4n) is 6.60. The Balaban J connectivity index is 4.41. The number of phosphoric acid groups is 1. The number of allylic oxidation sites excluding steroid dienone is 5. The van der Waals surface area contributed by atoms with Crippen LogP contribution in [-0.2, 0) is 18.4 Å². The van der Waals surface area contributed by atoms with Crippen LogP contribution in [0.25, 0.3) is 0 Å². The summed E-state index contributed by atoms with van der Waals surface area (Å²) >= 11 is 0. The molecule has 3 atom stereocenters. The summed E-state index contributed by atoms with van der Waals surface area (Å²) in [4.78, 5) is 23.1. The summed E-state index contributed by atoms with van der Waals surface area (Å²) in [5, 5.41) is 13.8. The predicted octanol–water partition coefficient (Wildman–Crippen LogP) is 13.1. The van der Waals surface area contributed by atoms with Crippen molar-refractivity contribution < 1.29 is 32.9 Å². The van der Waals surface area contributed by atoms with Crippen LogP contribution in [0, 0.1) is 0 Å². The molecule has 0 saturated carbocycles. The number of aliphatic hydroxyl groups excluding tert-OH is 1. The number of quaternary nitrogens is 1. The van der Waals surface area contributed by atoms with Gasteiger partial charge in [0.15, 0.2) is 0 Å². The van der Waals surface area contributed by atoms with Gasteiger partial charge in [-0.05, 0) is 51.4 Å². The van der Waals surface area contributed by atoms with Gasteiger partial charge in [0, 0.05) is 6.42 Å². The van der Waals surface area contributed by atoms with Crippen molar-refractivity contribution in [2.24, 2.45) is 0 Å². The van der Waals surface area contributed by atoms with Crippen LogP contribution in [-0.4, -0.2) is 73.4 Å². The van der Waals surface area contributed by atoms with Crippen LogP contribution < -0.4 is 5.32 Å². The van der Waals surface area contributed by atoms with Crippen molar-refractivity contribution in [3.63, 3.8) is 0 Å².